The summed E-state index contributed by atoms with van der Waals surface area (Å²) in [5.74, 6) is 0. The van der Waals surface area contributed by atoms with Crippen molar-refractivity contribution in [1.82, 2.24) is 10.3 Å². The number of anilines is 1. The molecule has 0 unspecified atom stereocenters. The van der Waals surface area contributed by atoms with Crippen molar-refractivity contribution < 1.29 is 4.79 Å². The molecule has 0 aliphatic heterocycles. The van der Waals surface area contributed by atoms with Gasteiger partial charge in [0.05, 0.1) is 0 Å². The lowest BCUT2D eigenvalue weighted by molar-refractivity contribution is 0.259. The minimum atomic E-state index is -0.545. The van der Waals surface area contributed by atoms with E-state index in [2.05, 4.69) is 15.6 Å². The van der Waals surface area contributed by atoms with E-state index in [4.69, 9.17) is 5.73 Å². The SMILES string of the molecule is CNCCc1c[nH]c2ccc(NC(N)=O)cc12. The number of aromatic nitrogens is 1. The molecule has 1 heterocycles. The van der Waals surface area contributed by atoms with Gasteiger partial charge in [0.15, 0.2) is 0 Å². The third-order valence-corrected chi connectivity index (χ3v) is 2.68. The van der Waals surface area contributed by atoms with Crippen molar-refractivity contribution in [1.29, 1.82) is 0 Å². The van der Waals surface area contributed by atoms with Gasteiger partial charge in [-0.1, -0.05) is 0 Å². The summed E-state index contributed by atoms with van der Waals surface area (Å²) in [5.41, 5.74) is 8.10. The van der Waals surface area contributed by atoms with E-state index >= 15 is 0 Å². The third-order valence-electron chi connectivity index (χ3n) is 2.68. The molecule has 0 saturated heterocycles. The zero-order chi connectivity index (χ0) is 12.3. The summed E-state index contributed by atoms with van der Waals surface area (Å²) in [7, 11) is 1.93. The fraction of sp³-hybridized carbons (Fsp3) is 0.250. The van der Waals surface area contributed by atoms with Gasteiger partial charge in [-0.25, -0.2) is 4.79 Å². The third kappa shape index (κ3) is 2.57. The number of fused-ring (bicyclic) bond motifs is 1. The zero-order valence-corrected chi connectivity index (χ0v) is 9.71. The number of benzene rings is 1. The first-order valence-electron chi connectivity index (χ1n) is 5.52. The van der Waals surface area contributed by atoms with Crippen molar-refractivity contribution in [3.63, 3.8) is 0 Å². The van der Waals surface area contributed by atoms with Gasteiger partial charge in [-0.15, -0.1) is 0 Å². The monoisotopic (exact) mass is 232 g/mol. The van der Waals surface area contributed by atoms with Crippen LogP contribution < -0.4 is 16.4 Å². The number of aromatic amines is 1. The van der Waals surface area contributed by atoms with Crippen LogP contribution in [-0.2, 0) is 6.42 Å². The maximum Gasteiger partial charge on any atom is 0.316 e. The lowest BCUT2D eigenvalue weighted by Crippen LogP contribution is -2.19. The molecule has 0 aliphatic rings. The number of urea groups is 1. The van der Waals surface area contributed by atoms with Gasteiger partial charge in [0.1, 0.15) is 0 Å². The summed E-state index contributed by atoms with van der Waals surface area (Å²) in [5, 5.41) is 6.81. The van der Waals surface area contributed by atoms with E-state index < -0.39 is 6.03 Å². The highest BCUT2D eigenvalue weighted by Gasteiger charge is 2.05. The Bertz CT molecular complexity index is 532. The summed E-state index contributed by atoms with van der Waals surface area (Å²) in [6, 6.07) is 5.15. The molecular formula is C12H16N4O. The molecule has 5 N–H and O–H groups in total. The molecular weight excluding hydrogens is 216 g/mol. The van der Waals surface area contributed by atoms with Gasteiger partial charge in [-0.3, -0.25) is 0 Å². The second-order valence-corrected chi connectivity index (χ2v) is 3.92. The fourth-order valence-corrected chi connectivity index (χ4v) is 1.86. The molecule has 0 atom stereocenters. The number of H-pyrrole nitrogens is 1. The number of carbonyl (C=O) groups is 1. The fourth-order valence-electron chi connectivity index (χ4n) is 1.86. The van der Waals surface area contributed by atoms with Crippen molar-refractivity contribution in [3.05, 3.63) is 30.0 Å². The number of hydrogen-bond acceptors (Lipinski definition) is 2. The lowest BCUT2D eigenvalue weighted by Gasteiger charge is -2.03. The zero-order valence-electron chi connectivity index (χ0n) is 9.71. The summed E-state index contributed by atoms with van der Waals surface area (Å²) < 4.78 is 0. The number of nitrogens with two attached hydrogens (primary N) is 1. The quantitative estimate of drug-likeness (QED) is 0.643. The molecule has 0 fully saturated rings. The van der Waals surface area contributed by atoms with Crippen LogP contribution in [0.5, 0.6) is 0 Å². The maximum atomic E-state index is 10.8. The molecule has 5 nitrogen and oxygen atoms in total. The van der Waals surface area contributed by atoms with Gasteiger partial charge in [0, 0.05) is 22.8 Å². The predicted molar refractivity (Wildman–Crippen MR) is 69.1 cm³/mol. The normalized spacial score (nSPS) is 10.6. The van der Waals surface area contributed by atoms with Gasteiger partial charge in [-0.2, -0.15) is 0 Å². The lowest BCUT2D eigenvalue weighted by atomic mass is 10.1. The Balaban J connectivity index is 2.32. The largest absolute Gasteiger partial charge is 0.361 e. The average molecular weight is 232 g/mol. The smallest absolute Gasteiger partial charge is 0.316 e. The van der Waals surface area contributed by atoms with Gasteiger partial charge in [0.2, 0.25) is 0 Å². The van der Waals surface area contributed by atoms with Crippen molar-refractivity contribution in [2.75, 3.05) is 18.9 Å². The molecule has 90 valence electrons. The molecule has 17 heavy (non-hydrogen) atoms. The maximum absolute atomic E-state index is 10.8. The number of rotatable bonds is 4. The van der Waals surface area contributed by atoms with Crippen molar-refractivity contribution in [2.24, 2.45) is 5.73 Å². The minimum Gasteiger partial charge on any atom is -0.361 e. The molecule has 1 aromatic carbocycles. The number of nitrogens with one attached hydrogen (secondary N) is 3. The second kappa shape index (κ2) is 4.88. The van der Waals surface area contributed by atoms with Crippen molar-refractivity contribution in [3.8, 4) is 0 Å². The first-order chi connectivity index (χ1) is 8.20. The van der Waals surface area contributed by atoms with E-state index in [-0.39, 0.29) is 0 Å². The van der Waals surface area contributed by atoms with E-state index in [0.717, 1.165) is 29.6 Å². The number of carbonyl (C=O) groups excluding carboxylic acids is 1. The topological polar surface area (TPSA) is 82.9 Å². The van der Waals surface area contributed by atoms with Gasteiger partial charge >= 0.3 is 6.03 Å². The molecule has 2 rings (SSSR count). The predicted octanol–water partition coefficient (Wildman–Crippen LogP) is 1.42. The molecule has 0 bridgehead atoms. The highest BCUT2D eigenvalue weighted by atomic mass is 16.2. The molecule has 1 aromatic heterocycles. The molecule has 0 saturated carbocycles. The Morgan fingerprint density at radius 1 is 1.47 bits per heavy atom. The first kappa shape index (κ1) is 11.5. The summed E-state index contributed by atoms with van der Waals surface area (Å²) in [4.78, 5) is 14.0. The summed E-state index contributed by atoms with van der Waals surface area (Å²) >= 11 is 0. The van der Waals surface area contributed by atoms with E-state index in [9.17, 15) is 4.79 Å². The van der Waals surface area contributed by atoms with Crippen molar-refractivity contribution in [2.45, 2.75) is 6.42 Å². The first-order valence-corrected chi connectivity index (χ1v) is 5.52. The molecule has 2 aromatic rings. The molecule has 0 radical (unpaired) electrons. The Morgan fingerprint density at radius 2 is 2.29 bits per heavy atom. The van der Waals surface area contributed by atoms with Gasteiger partial charge in [-0.05, 0) is 43.8 Å². The van der Waals surface area contributed by atoms with Crippen LogP contribution >= 0.6 is 0 Å². The van der Waals surface area contributed by atoms with Crippen LogP contribution in [0.25, 0.3) is 10.9 Å². The molecule has 5 heteroatoms. The van der Waals surface area contributed by atoms with Gasteiger partial charge in [0.25, 0.3) is 0 Å². The molecule has 2 amide bonds. The Hall–Kier alpha value is -2.01. The van der Waals surface area contributed by atoms with Crippen LogP contribution in [-0.4, -0.2) is 24.6 Å². The Labute approximate surface area is 99.4 Å². The summed E-state index contributed by atoms with van der Waals surface area (Å²) in [6.45, 7) is 0.917. The number of amides is 2. The van der Waals surface area contributed by atoms with Gasteiger partial charge < -0.3 is 21.4 Å². The van der Waals surface area contributed by atoms with Crippen LogP contribution in [0, 0.1) is 0 Å². The standard InChI is InChI=1S/C12H16N4O/c1-14-5-4-8-7-15-11-3-2-9(6-10(8)11)16-12(13)17/h2-3,6-7,14-15H,4-5H2,1H3,(H3,13,16,17). The van der Waals surface area contributed by atoms with E-state index in [1.165, 1.54) is 5.56 Å². The molecule has 0 aliphatic carbocycles. The second-order valence-electron chi connectivity index (χ2n) is 3.92. The Morgan fingerprint density at radius 3 is 3.00 bits per heavy atom. The highest BCUT2D eigenvalue weighted by Crippen LogP contribution is 2.22. The van der Waals surface area contributed by atoms with Crippen LogP contribution in [0.4, 0.5) is 10.5 Å². The minimum absolute atomic E-state index is 0.545. The van der Waals surface area contributed by atoms with Crippen LogP contribution in [0.1, 0.15) is 5.56 Å². The van der Waals surface area contributed by atoms with Crippen molar-refractivity contribution >= 4 is 22.6 Å². The number of primary amides is 1. The average Bonchev–Trinajstić information content (AvgIpc) is 2.68. The van der Waals surface area contributed by atoms with E-state index in [1.54, 1.807) is 0 Å². The Kier molecular flexibility index (Phi) is 3.30. The van der Waals surface area contributed by atoms with Crippen LogP contribution in [0.15, 0.2) is 24.4 Å². The van der Waals surface area contributed by atoms with Crippen LogP contribution in [0.3, 0.4) is 0 Å². The summed E-state index contributed by atoms with van der Waals surface area (Å²) in [6.07, 6.45) is 2.94. The highest BCUT2D eigenvalue weighted by molar-refractivity contribution is 5.93. The van der Waals surface area contributed by atoms with E-state index in [0.29, 0.717) is 0 Å². The number of likely N-dealkylation sites (N-methyl/N-ethyl adjacent to an activating group) is 1. The number of hydrogen-bond donors (Lipinski definition) is 4. The van der Waals surface area contributed by atoms with E-state index in [1.807, 2.05) is 31.4 Å². The molecule has 0 spiro atoms. The van der Waals surface area contributed by atoms with Crippen LogP contribution in [0.2, 0.25) is 0 Å².